The predicted molar refractivity (Wildman–Crippen MR) is 129 cm³/mol. The van der Waals surface area contributed by atoms with E-state index in [0.717, 1.165) is 10.6 Å². The molecule has 1 fully saturated rings. The number of hydrogen-bond donors (Lipinski definition) is 2. The highest BCUT2D eigenvalue weighted by Gasteiger charge is 2.35. The number of thiazole rings is 1. The number of phenols is 1. The van der Waals surface area contributed by atoms with Crippen molar-refractivity contribution in [3.63, 3.8) is 0 Å². The Labute approximate surface area is 197 Å². The largest absolute Gasteiger partial charge is 0.506 e. The molecule has 0 spiro atoms. The van der Waals surface area contributed by atoms with Crippen molar-refractivity contribution in [1.82, 2.24) is 14.8 Å². The summed E-state index contributed by atoms with van der Waals surface area (Å²) in [6.45, 7) is 12.9. The average Bonchev–Trinajstić information content (AvgIpc) is 3.04. The van der Waals surface area contributed by atoms with Crippen LogP contribution < -0.4 is 5.32 Å². The van der Waals surface area contributed by atoms with E-state index in [1.807, 2.05) is 13.0 Å². The number of amides is 2. The number of nitrogens with one attached hydrogen (secondary N) is 1. The highest BCUT2D eigenvalue weighted by atomic mass is 35.5. The van der Waals surface area contributed by atoms with E-state index in [1.165, 1.54) is 17.4 Å². The fraction of sp³-hybridized carbons (Fsp3) is 0.435. The lowest BCUT2D eigenvalue weighted by molar-refractivity contribution is -0.132. The maximum atomic E-state index is 13.0. The van der Waals surface area contributed by atoms with Crippen LogP contribution in [0.5, 0.6) is 5.75 Å². The number of halogens is 1. The minimum Gasteiger partial charge on any atom is -0.506 e. The molecule has 2 N–H and O–H groups in total. The van der Waals surface area contributed by atoms with Gasteiger partial charge >= 0.3 is 0 Å². The monoisotopic (exact) mass is 476 g/mol. The third kappa shape index (κ3) is 4.91. The number of phenolic OH excluding ortho intramolecular Hbond substituents is 1. The van der Waals surface area contributed by atoms with Gasteiger partial charge in [0.05, 0.1) is 24.0 Å². The molecule has 1 aromatic carbocycles. The number of aromatic nitrogens is 1. The first-order chi connectivity index (χ1) is 14.9. The number of likely N-dealkylation sites (tertiary alicyclic amines) is 1. The van der Waals surface area contributed by atoms with Crippen molar-refractivity contribution in [2.24, 2.45) is 0 Å². The summed E-state index contributed by atoms with van der Waals surface area (Å²) >= 11 is 7.63. The fourth-order valence-electron chi connectivity index (χ4n) is 3.51. The van der Waals surface area contributed by atoms with E-state index in [0.29, 0.717) is 40.9 Å². The number of carbonyl (C=O) groups is 2. The number of benzene rings is 1. The molecule has 32 heavy (non-hydrogen) atoms. The molecule has 1 aliphatic rings. The molecule has 7 nitrogen and oxygen atoms in total. The molecule has 0 radical (unpaired) electrons. The fourth-order valence-corrected chi connectivity index (χ4v) is 4.94. The van der Waals surface area contributed by atoms with E-state index in [2.05, 4.69) is 37.7 Å². The summed E-state index contributed by atoms with van der Waals surface area (Å²) in [5.41, 5.74) is 1.99. The standard InChI is InChI=1S/C23H29ClN4O3S/c1-7-20(30)28-11-14(12-28)27(6)22(31)21-13(2)26-19(32-21)10-25-17-8-15(23(3,4)5)16(24)9-18(17)29/h7-9,14,25,29H,1,10-12H2,2-6H3. The second kappa shape index (κ2) is 9.11. The zero-order valence-corrected chi connectivity index (χ0v) is 20.6. The van der Waals surface area contributed by atoms with Gasteiger partial charge in [-0.05, 0) is 30.0 Å². The van der Waals surface area contributed by atoms with Crippen LogP contribution in [-0.2, 0) is 16.8 Å². The number of aryl methyl sites for hydroxylation is 1. The van der Waals surface area contributed by atoms with Gasteiger partial charge in [-0.25, -0.2) is 4.98 Å². The maximum Gasteiger partial charge on any atom is 0.265 e. The third-order valence-corrected chi connectivity index (χ3v) is 7.03. The lowest BCUT2D eigenvalue weighted by Crippen LogP contribution is -2.60. The van der Waals surface area contributed by atoms with Crippen molar-refractivity contribution in [3.8, 4) is 5.75 Å². The van der Waals surface area contributed by atoms with Crippen molar-refractivity contribution >= 4 is 40.4 Å². The third-order valence-electron chi connectivity index (χ3n) is 5.58. The van der Waals surface area contributed by atoms with Crippen LogP contribution in [0.1, 0.15) is 46.7 Å². The summed E-state index contributed by atoms with van der Waals surface area (Å²) < 4.78 is 0. The first-order valence-corrected chi connectivity index (χ1v) is 11.5. The second-order valence-corrected chi connectivity index (χ2v) is 10.5. The molecule has 1 aliphatic heterocycles. The molecule has 0 atom stereocenters. The summed E-state index contributed by atoms with van der Waals surface area (Å²) in [6.07, 6.45) is 1.29. The van der Waals surface area contributed by atoms with Crippen molar-refractivity contribution < 1.29 is 14.7 Å². The number of carbonyl (C=O) groups excluding carboxylic acids is 2. The first kappa shape index (κ1) is 24.1. The van der Waals surface area contributed by atoms with Crippen LogP contribution in [0.2, 0.25) is 5.02 Å². The molecular weight excluding hydrogens is 448 g/mol. The zero-order chi connectivity index (χ0) is 23.8. The van der Waals surface area contributed by atoms with Gasteiger partial charge in [-0.2, -0.15) is 0 Å². The van der Waals surface area contributed by atoms with Crippen LogP contribution in [-0.4, -0.2) is 57.9 Å². The van der Waals surface area contributed by atoms with Gasteiger partial charge in [0.15, 0.2) is 0 Å². The molecule has 9 heteroatoms. The van der Waals surface area contributed by atoms with E-state index in [-0.39, 0.29) is 29.0 Å². The van der Waals surface area contributed by atoms with Crippen LogP contribution >= 0.6 is 22.9 Å². The number of likely N-dealkylation sites (N-methyl/N-ethyl adjacent to an activating group) is 1. The molecule has 172 valence electrons. The van der Waals surface area contributed by atoms with Crippen LogP contribution in [0.25, 0.3) is 0 Å². The Kier molecular flexibility index (Phi) is 6.86. The van der Waals surface area contributed by atoms with Gasteiger partial charge in [0.1, 0.15) is 15.6 Å². The molecule has 1 saturated heterocycles. The lowest BCUT2D eigenvalue weighted by Gasteiger charge is -2.43. The van der Waals surface area contributed by atoms with Gasteiger partial charge in [-0.15, -0.1) is 11.3 Å². The number of nitrogens with zero attached hydrogens (tertiary/aromatic N) is 3. The Morgan fingerprint density at radius 2 is 2.06 bits per heavy atom. The van der Waals surface area contributed by atoms with Crippen LogP contribution in [0.15, 0.2) is 24.8 Å². The van der Waals surface area contributed by atoms with Gasteiger partial charge in [0.2, 0.25) is 5.91 Å². The minimum absolute atomic E-state index is 0.0173. The summed E-state index contributed by atoms with van der Waals surface area (Å²) in [5.74, 6) is -0.160. The number of anilines is 1. The number of aromatic hydroxyl groups is 1. The van der Waals surface area contributed by atoms with Gasteiger partial charge in [-0.1, -0.05) is 39.0 Å². The lowest BCUT2D eigenvalue weighted by atomic mass is 9.86. The highest BCUT2D eigenvalue weighted by molar-refractivity contribution is 7.13. The minimum atomic E-state index is -0.170. The Morgan fingerprint density at radius 1 is 1.41 bits per heavy atom. The molecule has 1 aromatic heterocycles. The molecular formula is C23H29ClN4O3S. The molecule has 2 heterocycles. The van der Waals surface area contributed by atoms with Crippen molar-refractivity contribution in [3.05, 3.63) is 51.0 Å². The van der Waals surface area contributed by atoms with Gasteiger partial charge < -0.3 is 20.2 Å². The van der Waals surface area contributed by atoms with Crippen LogP contribution in [0, 0.1) is 6.92 Å². The van der Waals surface area contributed by atoms with Crippen molar-refractivity contribution in [1.29, 1.82) is 0 Å². The van der Waals surface area contributed by atoms with Gasteiger partial charge in [-0.3, -0.25) is 9.59 Å². The first-order valence-electron chi connectivity index (χ1n) is 10.3. The van der Waals surface area contributed by atoms with E-state index >= 15 is 0 Å². The van der Waals surface area contributed by atoms with E-state index in [1.54, 1.807) is 22.9 Å². The van der Waals surface area contributed by atoms with E-state index in [9.17, 15) is 14.7 Å². The summed E-state index contributed by atoms with van der Waals surface area (Å²) in [6, 6.07) is 3.38. The summed E-state index contributed by atoms with van der Waals surface area (Å²) in [4.78, 5) is 33.0. The predicted octanol–water partition coefficient (Wildman–Crippen LogP) is 4.19. The number of hydrogen-bond acceptors (Lipinski definition) is 6. The molecule has 2 amide bonds. The van der Waals surface area contributed by atoms with Gasteiger partial charge in [0.25, 0.3) is 5.91 Å². The molecule has 0 saturated carbocycles. The highest BCUT2D eigenvalue weighted by Crippen LogP contribution is 2.37. The van der Waals surface area contributed by atoms with Crippen LogP contribution in [0.3, 0.4) is 0 Å². The van der Waals surface area contributed by atoms with Gasteiger partial charge in [0, 0.05) is 31.2 Å². The normalized spacial score (nSPS) is 14.1. The summed E-state index contributed by atoms with van der Waals surface area (Å²) in [5, 5.41) is 14.8. The Balaban J connectivity index is 1.68. The van der Waals surface area contributed by atoms with E-state index < -0.39 is 0 Å². The molecule has 0 unspecified atom stereocenters. The second-order valence-electron chi connectivity index (χ2n) is 8.99. The molecule has 2 aromatic rings. The number of rotatable bonds is 6. The topological polar surface area (TPSA) is 85.8 Å². The molecule has 0 bridgehead atoms. The van der Waals surface area contributed by atoms with Crippen molar-refractivity contribution in [2.75, 3.05) is 25.5 Å². The zero-order valence-electron chi connectivity index (χ0n) is 19.0. The van der Waals surface area contributed by atoms with E-state index in [4.69, 9.17) is 11.6 Å². The molecule has 3 rings (SSSR count). The summed E-state index contributed by atoms with van der Waals surface area (Å²) in [7, 11) is 1.75. The Bertz CT molecular complexity index is 1050. The van der Waals surface area contributed by atoms with Crippen molar-refractivity contribution in [2.45, 2.75) is 45.7 Å². The van der Waals surface area contributed by atoms with Crippen LogP contribution in [0.4, 0.5) is 5.69 Å². The quantitative estimate of drug-likeness (QED) is 0.482. The molecule has 0 aliphatic carbocycles. The average molecular weight is 477 g/mol. The Morgan fingerprint density at radius 3 is 2.66 bits per heavy atom. The SMILES string of the molecule is C=CC(=O)N1CC(N(C)C(=O)c2sc(CNc3cc(C(C)(C)C)c(Cl)cc3O)nc2C)C1. The maximum absolute atomic E-state index is 13.0. The smallest absolute Gasteiger partial charge is 0.265 e. The Hall–Kier alpha value is -2.58.